The number of pyridine rings is 1. The molecule has 0 saturated carbocycles. The summed E-state index contributed by atoms with van der Waals surface area (Å²) in [4.78, 5) is 22.7. The minimum Gasteiger partial charge on any atom is -0.369 e. The molecule has 3 N–H and O–H groups in total. The van der Waals surface area contributed by atoms with E-state index in [0.29, 0.717) is 0 Å². The molecule has 8 nitrogen and oxygen atoms in total. The van der Waals surface area contributed by atoms with Crippen molar-refractivity contribution in [2.24, 2.45) is 10.7 Å². The second-order valence-electron chi connectivity index (χ2n) is 7.56. The number of carbonyl (C=O) groups excluding carboxylic acids is 1. The monoisotopic (exact) mass is 472 g/mol. The van der Waals surface area contributed by atoms with Gasteiger partial charge in [-0.05, 0) is 34.9 Å². The predicted octanol–water partition coefficient (Wildman–Crippen LogP) is 2.44. The molecule has 170 valence electrons. The van der Waals surface area contributed by atoms with E-state index in [2.05, 4.69) is 9.98 Å². The van der Waals surface area contributed by atoms with Crippen molar-refractivity contribution in [3.8, 4) is 11.1 Å². The summed E-state index contributed by atoms with van der Waals surface area (Å²) in [6, 6.07) is 10.9. The van der Waals surface area contributed by atoms with Gasteiger partial charge in [-0.25, -0.2) is 13.8 Å². The Balaban J connectivity index is 1.95. The van der Waals surface area contributed by atoms with Gasteiger partial charge in [0.1, 0.15) is 17.4 Å². The topological polar surface area (TPSA) is 126 Å². The number of nitrogens with zero attached hydrogens (tertiary/aromatic N) is 3. The number of nitrogens with two attached hydrogens (primary N) is 1. The lowest BCUT2D eigenvalue weighted by atomic mass is 9.81. The number of halogens is 2. The van der Waals surface area contributed by atoms with Crippen LogP contribution < -0.4 is 5.73 Å². The first-order chi connectivity index (χ1) is 15.5. The molecule has 1 unspecified atom stereocenters. The summed E-state index contributed by atoms with van der Waals surface area (Å²) in [6.45, 7) is 0. The van der Waals surface area contributed by atoms with E-state index >= 15 is 0 Å². The maximum Gasteiger partial charge on any atom is 0.269 e. The summed E-state index contributed by atoms with van der Waals surface area (Å²) in [5, 5.41) is 0. The molecule has 0 bridgehead atoms. The van der Waals surface area contributed by atoms with Crippen molar-refractivity contribution in [3.05, 3.63) is 89.2 Å². The Hall–Kier alpha value is -3.70. The zero-order valence-electron chi connectivity index (χ0n) is 17.2. The van der Waals surface area contributed by atoms with Crippen molar-refractivity contribution < 1.29 is 26.5 Å². The highest BCUT2D eigenvalue weighted by Gasteiger charge is 2.49. The summed E-state index contributed by atoms with van der Waals surface area (Å²) in [5.41, 5.74) is 5.03. The summed E-state index contributed by atoms with van der Waals surface area (Å²) in [5.74, 6) is -2.66. The van der Waals surface area contributed by atoms with Crippen LogP contribution in [-0.4, -0.2) is 41.8 Å². The lowest BCUT2D eigenvalue weighted by Crippen LogP contribution is -2.41. The normalized spacial score (nSPS) is 18.5. The second-order valence-corrected chi connectivity index (χ2v) is 9.01. The summed E-state index contributed by atoms with van der Waals surface area (Å²) in [7, 11) is -2.91. The van der Waals surface area contributed by atoms with Gasteiger partial charge in [-0.3, -0.25) is 19.2 Å². The van der Waals surface area contributed by atoms with Gasteiger partial charge in [0, 0.05) is 24.4 Å². The van der Waals surface area contributed by atoms with Crippen LogP contribution in [0.3, 0.4) is 0 Å². The number of carbonyl (C=O) groups is 1. The first-order valence-corrected chi connectivity index (χ1v) is 11.2. The minimum absolute atomic E-state index is 0.0101. The van der Waals surface area contributed by atoms with Crippen LogP contribution in [0.4, 0.5) is 8.78 Å². The van der Waals surface area contributed by atoms with Gasteiger partial charge in [0.15, 0.2) is 11.5 Å². The highest BCUT2D eigenvalue weighted by atomic mass is 32.2. The van der Waals surface area contributed by atoms with Gasteiger partial charge < -0.3 is 5.73 Å². The van der Waals surface area contributed by atoms with Crippen molar-refractivity contribution in [3.63, 3.8) is 0 Å². The molecule has 4 rings (SSSR count). The standard InChI is InChI=1S/C22H18F2N4O4S/c1-28-20(29)22(27-21(28)25,15-4-2-3-13(7-15)12-33(30,31)32)16-5-6-19(24)18(9-16)14-8-17(23)11-26-10-14/h2-11H,12H2,1H3,(H2,25,27)(H,30,31,32). The molecule has 11 heteroatoms. The number of rotatable bonds is 5. The lowest BCUT2D eigenvalue weighted by molar-refractivity contribution is -0.129. The van der Waals surface area contributed by atoms with Gasteiger partial charge in [-0.2, -0.15) is 8.42 Å². The van der Waals surface area contributed by atoms with Crippen LogP contribution in [0.1, 0.15) is 16.7 Å². The van der Waals surface area contributed by atoms with Crippen LogP contribution in [-0.2, 0) is 26.2 Å². The Morgan fingerprint density at radius 2 is 1.82 bits per heavy atom. The number of amides is 1. The maximum absolute atomic E-state index is 14.7. The van der Waals surface area contributed by atoms with Crippen molar-refractivity contribution >= 4 is 22.0 Å². The summed E-state index contributed by atoms with van der Waals surface area (Å²) < 4.78 is 60.4. The predicted molar refractivity (Wildman–Crippen MR) is 116 cm³/mol. The Morgan fingerprint density at radius 1 is 1.09 bits per heavy atom. The smallest absolute Gasteiger partial charge is 0.269 e. The van der Waals surface area contributed by atoms with E-state index in [9.17, 15) is 26.5 Å². The van der Waals surface area contributed by atoms with E-state index in [1.807, 2.05) is 0 Å². The van der Waals surface area contributed by atoms with Crippen LogP contribution in [0.25, 0.3) is 11.1 Å². The van der Waals surface area contributed by atoms with E-state index in [4.69, 9.17) is 5.73 Å². The number of guanidine groups is 1. The first-order valence-electron chi connectivity index (χ1n) is 9.60. The summed E-state index contributed by atoms with van der Waals surface area (Å²) in [6.07, 6.45) is 2.26. The molecule has 1 amide bonds. The zero-order valence-corrected chi connectivity index (χ0v) is 18.1. The van der Waals surface area contributed by atoms with Crippen molar-refractivity contribution in [2.75, 3.05) is 7.05 Å². The average molecular weight is 472 g/mol. The fraction of sp³-hybridized carbons (Fsp3) is 0.136. The fourth-order valence-electron chi connectivity index (χ4n) is 3.81. The molecule has 1 aliphatic rings. The van der Waals surface area contributed by atoms with E-state index < -0.39 is 39.0 Å². The largest absolute Gasteiger partial charge is 0.369 e. The Bertz CT molecular complexity index is 1410. The Labute approximate surface area is 188 Å². The third-order valence-corrected chi connectivity index (χ3v) is 6.03. The van der Waals surface area contributed by atoms with Gasteiger partial charge in [0.25, 0.3) is 16.0 Å². The number of benzene rings is 2. The molecule has 0 radical (unpaired) electrons. The van der Waals surface area contributed by atoms with Crippen LogP contribution >= 0.6 is 0 Å². The molecule has 2 aromatic carbocycles. The number of hydrogen-bond donors (Lipinski definition) is 2. The molecule has 3 aromatic rings. The minimum atomic E-state index is -4.34. The number of hydrogen-bond acceptors (Lipinski definition) is 6. The first kappa shape index (κ1) is 22.5. The van der Waals surface area contributed by atoms with E-state index in [1.54, 1.807) is 6.07 Å². The number of aliphatic imine (C=N–C) groups is 1. The molecule has 0 saturated heterocycles. The quantitative estimate of drug-likeness (QED) is 0.550. The van der Waals surface area contributed by atoms with Gasteiger partial charge in [0.2, 0.25) is 0 Å². The number of aromatic nitrogens is 1. The van der Waals surface area contributed by atoms with Gasteiger partial charge in [0.05, 0.1) is 6.20 Å². The van der Waals surface area contributed by atoms with Crippen LogP contribution in [0.5, 0.6) is 0 Å². The second kappa shape index (κ2) is 8.01. The molecular weight excluding hydrogens is 454 g/mol. The summed E-state index contributed by atoms with van der Waals surface area (Å²) >= 11 is 0. The molecule has 1 atom stereocenters. The highest BCUT2D eigenvalue weighted by Crippen LogP contribution is 2.41. The van der Waals surface area contributed by atoms with Gasteiger partial charge in [-0.1, -0.05) is 30.3 Å². The van der Waals surface area contributed by atoms with Crippen LogP contribution in [0.2, 0.25) is 0 Å². The van der Waals surface area contributed by atoms with Crippen molar-refractivity contribution in [2.45, 2.75) is 11.3 Å². The molecule has 2 heterocycles. The van der Waals surface area contributed by atoms with Crippen molar-refractivity contribution in [1.29, 1.82) is 0 Å². The maximum atomic E-state index is 14.7. The lowest BCUT2D eigenvalue weighted by Gasteiger charge is -2.27. The van der Waals surface area contributed by atoms with Crippen LogP contribution in [0, 0.1) is 11.6 Å². The molecule has 1 aliphatic heterocycles. The molecule has 0 aliphatic carbocycles. The SMILES string of the molecule is CN1C(=O)C(c2cccc(CS(=O)(=O)O)c2)(c2ccc(F)c(-c3cncc(F)c3)c2)N=C1N. The van der Waals surface area contributed by atoms with Gasteiger partial charge >= 0.3 is 0 Å². The molecule has 33 heavy (non-hydrogen) atoms. The molecule has 0 fully saturated rings. The number of likely N-dealkylation sites (N-methyl/N-ethyl adjacent to an activating group) is 1. The Morgan fingerprint density at radius 3 is 2.45 bits per heavy atom. The van der Waals surface area contributed by atoms with E-state index in [-0.39, 0.29) is 33.8 Å². The molecule has 1 aromatic heterocycles. The van der Waals surface area contributed by atoms with Gasteiger partial charge in [-0.15, -0.1) is 0 Å². The van der Waals surface area contributed by atoms with Crippen LogP contribution in [0.15, 0.2) is 65.9 Å². The fourth-order valence-corrected chi connectivity index (χ4v) is 4.41. The van der Waals surface area contributed by atoms with E-state index in [0.717, 1.165) is 23.2 Å². The highest BCUT2D eigenvalue weighted by molar-refractivity contribution is 7.85. The third-order valence-electron chi connectivity index (χ3n) is 5.33. The zero-order chi connectivity index (χ0) is 24.0. The Kier molecular flexibility index (Phi) is 5.46. The third kappa shape index (κ3) is 4.08. The molecular formula is C22H18F2N4O4S. The molecule has 0 spiro atoms. The average Bonchev–Trinajstić information content (AvgIpc) is 2.98. The van der Waals surface area contributed by atoms with Crippen molar-refractivity contribution in [1.82, 2.24) is 9.88 Å². The van der Waals surface area contributed by atoms with E-state index in [1.165, 1.54) is 43.6 Å².